The summed E-state index contributed by atoms with van der Waals surface area (Å²) < 4.78 is 28.2. The van der Waals surface area contributed by atoms with E-state index in [2.05, 4.69) is 5.32 Å². The van der Waals surface area contributed by atoms with E-state index in [1.807, 2.05) is 0 Å². The number of rotatable bonds is 3. The Balaban J connectivity index is 3.49. The lowest BCUT2D eigenvalue weighted by atomic mass is 10.6. The molecule has 2 N–H and O–H groups in total. The average Bonchev–Trinajstić information content (AvgIpc) is 1.59. The van der Waals surface area contributed by atoms with E-state index in [9.17, 15) is 13.2 Å². The molecule has 0 aliphatic heterocycles. The highest BCUT2D eigenvalue weighted by atomic mass is 32.2. The Bertz CT molecular complexity index is 207. The van der Waals surface area contributed by atoms with Crippen LogP contribution < -0.4 is 5.32 Å². The van der Waals surface area contributed by atoms with Gasteiger partial charge in [0.2, 0.25) is 5.91 Å². The Morgan fingerprint density at radius 2 is 2.10 bits per heavy atom. The van der Waals surface area contributed by atoms with Crippen molar-refractivity contribution in [3.8, 4) is 0 Å². The Morgan fingerprint density at radius 1 is 1.60 bits per heavy atom. The fourth-order valence-electron chi connectivity index (χ4n) is 0.356. The van der Waals surface area contributed by atoms with E-state index < -0.39 is 15.9 Å². The van der Waals surface area contributed by atoms with Gasteiger partial charge >= 0.3 is 0 Å². The van der Waals surface area contributed by atoms with E-state index in [4.69, 9.17) is 4.55 Å². The summed E-state index contributed by atoms with van der Waals surface area (Å²) in [6, 6.07) is 0. The Hall–Kier alpha value is -0.620. The molecule has 0 spiro atoms. The monoisotopic (exact) mass is 167 g/mol. The van der Waals surface area contributed by atoms with Crippen LogP contribution in [0.3, 0.4) is 0 Å². The second-order valence-corrected chi connectivity index (χ2v) is 3.34. The first-order chi connectivity index (χ1) is 4.42. The molecule has 0 radical (unpaired) electrons. The lowest BCUT2D eigenvalue weighted by Crippen LogP contribution is -2.26. The van der Waals surface area contributed by atoms with Gasteiger partial charge in [0.1, 0.15) is 0 Å². The molecule has 0 aromatic rings. The van der Waals surface area contributed by atoms with Gasteiger partial charge in [0, 0.05) is 13.5 Å². The third kappa shape index (κ3) is 7.38. The fraction of sp³-hybridized carbons (Fsp3) is 0.750. The predicted molar refractivity (Wildman–Crippen MR) is 35.1 cm³/mol. The zero-order valence-electron chi connectivity index (χ0n) is 5.49. The summed E-state index contributed by atoms with van der Waals surface area (Å²) in [5.41, 5.74) is 0. The Labute approximate surface area is 59.2 Å². The molecule has 0 aromatic heterocycles. The summed E-state index contributed by atoms with van der Waals surface area (Å²) in [6.45, 7) is 1.22. The SMILES string of the molecule is CC(=O)NCCS(=O)(=O)O. The summed E-state index contributed by atoms with van der Waals surface area (Å²) in [5, 5.41) is 2.22. The van der Waals surface area contributed by atoms with E-state index in [0.717, 1.165) is 0 Å². The highest BCUT2D eigenvalue weighted by Gasteiger charge is 2.02. The summed E-state index contributed by atoms with van der Waals surface area (Å²) >= 11 is 0. The second kappa shape index (κ2) is 3.52. The van der Waals surface area contributed by atoms with Gasteiger partial charge in [0.25, 0.3) is 10.1 Å². The van der Waals surface area contributed by atoms with Crippen molar-refractivity contribution in [3.63, 3.8) is 0 Å². The molecular weight excluding hydrogens is 158 g/mol. The molecular formula is C4H9NO4S. The third-order valence-corrected chi connectivity index (χ3v) is 1.45. The van der Waals surface area contributed by atoms with Gasteiger partial charge in [-0.15, -0.1) is 0 Å². The molecule has 60 valence electrons. The standard InChI is InChI=1S/C4H9NO4S/c1-4(6)5-2-3-10(7,8)9/h2-3H2,1H3,(H,5,6)(H,7,8,9). The van der Waals surface area contributed by atoms with Crippen molar-refractivity contribution in [1.29, 1.82) is 0 Å². The zero-order valence-corrected chi connectivity index (χ0v) is 6.31. The van der Waals surface area contributed by atoms with Gasteiger partial charge in [-0.05, 0) is 0 Å². The van der Waals surface area contributed by atoms with Gasteiger partial charge in [0.05, 0.1) is 5.75 Å². The lowest BCUT2D eigenvalue weighted by molar-refractivity contribution is -0.118. The number of carbonyl (C=O) groups is 1. The number of amides is 1. The third-order valence-electron chi connectivity index (χ3n) is 0.734. The van der Waals surface area contributed by atoms with Crippen LogP contribution >= 0.6 is 0 Å². The molecule has 0 rings (SSSR count). The first kappa shape index (κ1) is 9.38. The highest BCUT2D eigenvalue weighted by Crippen LogP contribution is 1.77. The summed E-state index contributed by atoms with van der Waals surface area (Å²) in [6.07, 6.45) is 0. The van der Waals surface area contributed by atoms with Crippen LogP contribution in [-0.2, 0) is 14.9 Å². The van der Waals surface area contributed by atoms with Gasteiger partial charge in [0.15, 0.2) is 0 Å². The number of nitrogens with one attached hydrogen (secondary N) is 1. The van der Waals surface area contributed by atoms with Crippen LogP contribution in [0.25, 0.3) is 0 Å². The molecule has 1 amide bonds. The molecule has 0 unspecified atom stereocenters. The van der Waals surface area contributed by atoms with Crippen LogP contribution in [0.2, 0.25) is 0 Å². The molecule has 0 aromatic carbocycles. The Kier molecular flexibility index (Phi) is 3.31. The van der Waals surface area contributed by atoms with E-state index in [1.54, 1.807) is 0 Å². The minimum Gasteiger partial charge on any atom is -0.355 e. The fourth-order valence-corrected chi connectivity index (χ4v) is 0.716. The van der Waals surface area contributed by atoms with Crippen molar-refractivity contribution in [2.45, 2.75) is 6.92 Å². The minimum atomic E-state index is -3.93. The van der Waals surface area contributed by atoms with Gasteiger partial charge < -0.3 is 5.32 Å². The van der Waals surface area contributed by atoms with Crippen LogP contribution in [0.1, 0.15) is 6.92 Å². The smallest absolute Gasteiger partial charge is 0.266 e. The van der Waals surface area contributed by atoms with Gasteiger partial charge in [-0.3, -0.25) is 9.35 Å². The van der Waals surface area contributed by atoms with Crippen molar-refractivity contribution in [1.82, 2.24) is 5.32 Å². The molecule has 6 heteroatoms. The maximum Gasteiger partial charge on any atom is 0.266 e. The quantitative estimate of drug-likeness (QED) is 0.529. The van der Waals surface area contributed by atoms with Crippen LogP contribution in [0.4, 0.5) is 0 Å². The molecule has 0 fully saturated rings. The summed E-state index contributed by atoms with van der Waals surface area (Å²) in [4.78, 5) is 10.1. The van der Waals surface area contributed by atoms with Crippen molar-refractivity contribution < 1.29 is 17.8 Å². The Morgan fingerprint density at radius 3 is 2.40 bits per heavy atom. The van der Waals surface area contributed by atoms with Gasteiger partial charge in [-0.1, -0.05) is 0 Å². The second-order valence-electron chi connectivity index (χ2n) is 1.77. The van der Waals surface area contributed by atoms with Crippen LogP contribution in [0, 0.1) is 0 Å². The van der Waals surface area contributed by atoms with Crippen molar-refractivity contribution >= 4 is 16.0 Å². The van der Waals surface area contributed by atoms with Gasteiger partial charge in [-0.25, -0.2) is 0 Å². The topological polar surface area (TPSA) is 83.5 Å². The maximum absolute atomic E-state index is 10.1. The van der Waals surface area contributed by atoms with E-state index in [-0.39, 0.29) is 12.5 Å². The van der Waals surface area contributed by atoms with Crippen LogP contribution in [0.5, 0.6) is 0 Å². The summed E-state index contributed by atoms with van der Waals surface area (Å²) in [5.74, 6) is -0.754. The van der Waals surface area contributed by atoms with E-state index in [1.165, 1.54) is 6.92 Å². The predicted octanol–water partition coefficient (Wildman–Crippen LogP) is -0.990. The summed E-state index contributed by atoms with van der Waals surface area (Å²) in [7, 11) is -3.93. The average molecular weight is 167 g/mol. The van der Waals surface area contributed by atoms with Gasteiger partial charge in [-0.2, -0.15) is 8.42 Å². The van der Waals surface area contributed by atoms with E-state index >= 15 is 0 Å². The number of hydrogen-bond donors (Lipinski definition) is 2. The van der Waals surface area contributed by atoms with Crippen LogP contribution in [-0.4, -0.2) is 31.2 Å². The molecule has 0 bridgehead atoms. The van der Waals surface area contributed by atoms with E-state index in [0.29, 0.717) is 0 Å². The first-order valence-electron chi connectivity index (χ1n) is 2.61. The zero-order chi connectivity index (χ0) is 8.20. The van der Waals surface area contributed by atoms with Crippen LogP contribution in [0.15, 0.2) is 0 Å². The highest BCUT2D eigenvalue weighted by molar-refractivity contribution is 7.85. The first-order valence-corrected chi connectivity index (χ1v) is 4.22. The lowest BCUT2D eigenvalue weighted by Gasteiger charge is -1.97. The normalized spacial score (nSPS) is 11.0. The molecule has 0 saturated heterocycles. The number of hydrogen-bond acceptors (Lipinski definition) is 3. The number of carbonyl (C=O) groups excluding carboxylic acids is 1. The molecule has 0 saturated carbocycles. The molecule has 0 aliphatic carbocycles. The minimum absolute atomic E-state index is 0.0475. The van der Waals surface area contributed by atoms with Crippen molar-refractivity contribution in [3.05, 3.63) is 0 Å². The van der Waals surface area contributed by atoms with Crippen molar-refractivity contribution in [2.24, 2.45) is 0 Å². The molecule has 10 heavy (non-hydrogen) atoms. The molecule has 0 atom stereocenters. The molecule has 0 aliphatic rings. The molecule has 0 heterocycles. The largest absolute Gasteiger partial charge is 0.355 e. The van der Waals surface area contributed by atoms with Crippen molar-refractivity contribution in [2.75, 3.05) is 12.3 Å². The maximum atomic E-state index is 10.1. The molecule has 5 nitrogen and oxygen atoms in total.